The number of nitrogens with one attached hydrogen (secondary N) is 1. The second kappa shape index (κ2) is 7.10. The van der Waals surface area contributed by atoms with Crippen LogP contribution in [0.15, 0.2) is 6.20 Å². The molecule has 0 bridgehead atoms. The summed E-state index contributed by atoms with van der Waals surface area (Å²) in [4.78, 5) is 24.8. The number of aromatic amines is 1. The van der Waals surface area contributed by atoms with E-state index in [1.54, 1.807) is 6.20 Å². The Morgan fingerprint density at radius 3 is 2.80 bits per heavy atom. The molecule has 5 nitrogen and oxygen atoms in total. The van der Waals surface area contributed by atoms with Gasteiger partial charge in [0.1, 0.15) is 0 Å². The van der Waals surface area contributed by atoms with Crippen molar-refractivity contribution in [1.82, 2.24) is 19.8 Å². The van der Waals surface area contributed by atoms with Crippen molar-refractivity contribution in [2.75, 3.05) is 32.7 Å². The van der Waals surface area contributed by atoms with E-state index in [9.17, 15) is 4.79 Å². The highest BCUT2D eigenvalue weighted by molar-refractivity contribution is 5.90. The lowest BCUT2D eigenvalue weighted by Crippen LogP contribution is -2.47. The topological polar surface area (TPSA) is 52.2 Å². The smallest absolute Gasteiger partial charge is 0.289 e. The average Bonchev–Trinajstić information content (AvgIpc) is 3.22. The third-order valence-corrected chi connectivity index (χ3v) is 6.61. The molecule has 1 unspecified atom stereocenters. The van der Waals surface area contributed by atoms with Crippen molar-refractivity contribution in [2.24, 2.45) is 11.3 Å². The molecule has 3 aliphatic rings. The standard InChI is InChI=1S/C20H32N4O/c1-16-12-21-18(22-16)19(25)24-11-9-20(15-24)8-5-10-23(14-20)13-17-6-3-2-4-7-17/h12,17H,2-11,13-15H2,1H3,(H,21,22). The molecule has 1 spiro atoms. The predicted molar refractivity (Wildman–Crippen MR) is 98.5 cm³/mol. The predicted octanol–water partition coefficient (Wildman–Crippen LogP) is 3.23. The molecule has 1 amide bonds. The summed E-state index contributed by atoms with van der Waals surface area (Å²) in [5.41, 5.74) is 1.28. The number of amides is 1. The van der Waals surface area contributed by atoms with Crippen molar-refractivity contribution in [2.45, 2.75) is 58.3 Å². The molecule has 3 heterocycles. The van der Waals surface area contributed by atoms with Crippen LogP contribution in [0, 0.1) is 18.3 Å². The molecule has 1 aromatic rings. The van der Waals surface area contributed by atoms with Gasteiger partial charge in [-0.1, -0.05) is 19.3 Å². The molecule has 1 saturated carbocycles. The Labute approximate surface area is 151 Å². The van der Waals surface area contributed by atoms with E-state index in [0.717, 1.165) is 31.1 Å². The number of aryl methyl sites for hydroxylation is 1. The van der Waals surface area contributed by atoms with Gasteiger partial charge in [-0.05, 0) is 51.5 Å². The van der Waals surface area contributed by atoms with Crippen LogP contribution in [0.1, 0.15) is 67.7 Å². The van der Waals surface area contributed by atoms with E-state index in [2.05, 4.69) is 14.9 Å². The van der Waals surface area contributed by atoms with Gasteiger partial charge < -0.3 is 14.8 Å². The Kier molecular flexibility index (Phi) is 4.85. The van der Waals surface area contributed by atoms with Gasteiger partial charge in [-0.15, -0.1) is 0 Å². The fraction of sp³-hybridized carbons (Fsp3) is 0.800. The fourth-order valence-electron chi connectivity index (χ4n) is 5.31. The minimum Gasteiger partial charge on any atom is -0.338 e. The first kappa shape index (κ1) is 17.1. The van der Waals surface area contributed by atoms with Crippen molar-refractivity contribution >= 4 is 5.91 Å². The van der Waals surface area contributed by atoms with Crippen molar-refractivity contribution in [3.63, 3.8) is 0 Å². The highest BCUT2D eigenvalue weighted by atomic mass is 16.2. The molecule has 1 aliphatic carbocycles. The molecule has 0 aromatic carbocycles. The Morgan fingerprint density at radius 1 is 1.20 bits per heavy atom. The summed E-state index contributed by atoms with van der Waals surface area (Å²) in [6.07, 6.45) is 12.6. The summed E-state index contributed by atoms with van der Waals surface area (Å²) >= 11 is 0. The van der Waals surface area contributed by atoms with E-state index in [0.29, 0.717) is 11.2 Å². The number of imidazole rings is 1. The SMILES string of the molecule is Cc1cnc(C(=O)N2CCC3(CCCN(CC4CCCCC4)C3)C2)[nH]1. The molecule has 0 radical (unpaired) electrons. The van der Waals surface area contributed by atoms with Crippen LogP contribution in [0.2, 0.25) is 0 Å². The van der Waals surface area contributed by atoms with E-state index in [-0.39, 0.29) is 5.91 Å². The third-order valence-electron chi connectivity index (χ3n) is 6.61. The quantitative estimate of drug-likeness (QED) is 0.916. The van der Waals surface area contributed by atoms with Gasteiger partial charge in [-0.2, -0.15) is 0 Å². The van der Waals surface area contributed by atoms with Gasteiger partial charge in [0.2, 0.25) is 0 Å². The zero-order chi connectivity index (χ0) is 17.3. The first-order valence-corrected chi connectivity index (χ1v) is 10.2. The molecule has 2 aliphatic heterocycles. The van der Waals surface area contributed by atoms with Gasteiger partial charge in [0, 0.05) is 43.5 Å². The van der Waals surface area contributed by atoms with Gasteiger partial charge in [0.05, 0.1) is 0 Å². The summed E-state index contributed by atoms with van der Waals surface area (Å²) in [6.45, 7) is 7.46. The summed E-state index contributed by atoms with van der Waals surface area (Å²) < 4.78 is 0. The van der Waals surface area contributed by atoms with Crippen LogP contribution >= 0.6 is 0 Å². The fourth-order valence-corrected chi connectivity index (χ4v) is 5.31. The van der Waals surface area contributed by atoms with Gasteiger partial charge in [0.25, 0.3) is 5.91 Å². The number of nitrogens with zero attached hydrogens (tertiary/aromatic N) is 3. The number of rotatable bonds is 3. The number of piperidine rings is 1. The number of H-pyrrole nitrogens is 1. The van der Waals surface area contributed by atoms with Gasteiger partial charge in [0.15, 0.2) is 5.82 Å². The first-order valence-electron chi connectivity index (χ1n) is 10.2. The van der Waals surface area contributed by atoms with Crippen LogP contribution in [0.25, 0.3) is 0 Å². The van der Waals surface area contributed by atoms with Crippen LogP contribution in [0.4, 0.5) is 0 Å². The Balaban J connectivity index is 1.36. The van der Waals surface area contributed by atoms with Crippen molar-refractivity contribution in [3.05, 3.63) is 17.7 Å². The highest BCUT2D eigenvalue weighted by Crippen LogP contribution is 2.40. The van der Waals surface area contributed by atoms with Crippen LogP contribution in [0.5, 0.6) is 0 Å². The van der Waals surface area contributed by atoms with Gasteiger partial charge in [-0.25, -0.2) is 4.98 Å². The monoisotopic (exact) mass is 344 g/mol. The molecular weight excluding hydrogens is 312 g/mol. The molecule has 1 N–H and O–H groups in total. The minimum atomic E-state index is 0.0781. The Morgan fingerprint density at radius 2 is 2.04 bits per heavy atom. The van der Waals surface area contributed by atoms with Crippen LogP contribution < -0.4 is 0 Å². The van der Waals surface area contributed by atoms with Crippen LogP contribution in [0.3, 0.4) is 0 Å². The number of likely N-dealkylation sites (tertiary alicyclic amines) is 2. The molecule has 25 heavy (non-hydrogen) atoms. The maximum atomic E-state index is 12.7. The van der Waals surface area contributed by atoms with E-state index in [4.69, 9.17) is 0 Å². The van der Waals surface area contributed by atoms with Gasteiger partial charge >= 0.3 is 0 Å². The average molecular weight is 345 g/mol. The third kappa shape index (κ3) is 3.76. The molecule has 5 heteroatoms. The molecule has 138 valence electrons. The molecule has 1 aromatic heterocycles. The lowest BCUT2D eigenvalue weighted by atomic mass is 9.78. The number of hydrogen-bond acceptors (Lipinski definition) is 3. The highest BCUT2D eigenvalue weighted by Gasteiger charge is 2.43. The normalized spacial score (nSPS) is 28.8. The molecular formula is C20H32N4O. The summed E-state index contributed by atoms with van der Waals surface area (Å²) in [6, 6.07) is 0. The summed E-state index contributed by atoms with van der Waals surface area (Å²) in [5, 5.41) is 0. The summed E-state index contributed by atoms with van der Waals surface area (Å²) in [7, 11) is 0. The number of aromatic nitrogens is 2. The van der Waals surface area contributed by atoms with E-state index < -0.39 is 0 Å². The molecule has 2 saturated heterocycles. The molecule has 1 atom stereocenters. The minimum absolute atomic E-state index is 0.0781. The second-order valence-corrected chi connectivity index (χ2v) is 8.73. The number of carbonyl (C=O) groups excluding carboxylic acids is 1. The maximum Gasteiger partial charge on any atom is 0.289 e. The second-order valence-electron chi connectivity index (χ2n) is 8.73. The van der Waals surface area contributed by atoms with Crippen molar-refractivity contribution in [1.29, 1.82) is 0 Å². The van der Waals surface area contributed by atoms with Crippen molar-refractivity contribution < 1.29 is 4.79 Å². The number of carbonyl (C=O) groups is 1. The van der Waals surface area contributed by atoms with Crippen LogP contribution in [-0.2, 0) is 0 Å². The zero-order valence-electron chi connectivity index (χ0n) is 15.6. The van der Waals surface area contributed by atoms with Crippen LogP contribution in [-0.4, -0.2) is 58.4 Å². The lowest BCUT2D eigenvalue weighted by Gasteiger charge is -2.42. The Hall–Kier alpha value is -1.36. The van der Waals surface area contributed by atoms with E-state index in [1.165, 1.54) is 64.6 Å². The first-order chi connectivity index (χ1) is 12.1. The van der Waals surface area contributed by atoms with E-state index >= 15 is 0 Å². The number of hydrogen-bond donors (Lipinski definition) is 1. The van der Waals surface area contributed by atoms with E-state index in [1.807, 2.05) is 11.8 Å². The van der Waals surface area contributed by atoms with Gasteiger partial charge in [-0.3, -0.25) is 4.79 Å². The zero-order valence-corrected chi connectivity index (χ0v) is 15.6. The maximum absolute atomic E-state index is 12.7. The lowest BCUT2D eigenvalue weighted by molar-refractivity contribution is 0.0624. The molecule has 4 rings (SSSR count). The summed E-state index contributed by atoms with van der Waals surface area (Å²) in [5.74, 6) is 1.49. The largest absolute Gasteiger partial charge is 0.338 e. The Bertz CT molecular complexity index is 607. The van der Waals surface area contributed by atoms with Crippen molar-refractivity contribution in [3.8, 4) is 0 Å². The molecule has 3 fully saturated rings.